The van der Waals surface area contributed by atoms with Gasteiger partial charge in [-0.2, -0.15) is 10.2 Å². The second kappa shape index (κ2) is 4.97. The molecule has 0 radical (unpaired) electrons. The van der Waals surface area contributed by atoms with Gasteiger partial charge in [-0.25, -0.2) is 0 Å². The van der Waals surface area contributed by atoms with Crippen LogP contribution in [0.5, 0.6) is 0 Å². The maximum Gasteiger partial charge on any atom is 0.0650 e. The van der Waals surface area contributed by atoms with Crippen LogP contribution in [0.2, 0.25) is 0 Å². The van der Waals surface area contributed by atoms with Gasteiger partial charge in [-0.3, -0.25) is 10.2 Å². The lowest BCUT2D eigenvalue weighted by molar-refractivity contribution is 1.04. The van der Waals surface area contributed by atoms with Crippen molar-refractivity contribution in [3.05, 3.63) is 54.0 Å². The van der Waals surface area contributed by atoms with Gasteiger partial charge in [0.25, 0.3) is 0 Å². The Morgan fingerprint density at radius 3 is 2.84 bits per heavy atom. The molecule has 0 aliphatic rings. The van der Waals surface area contributed by atoms with Crippen molar-refractivity contribution in [2.24, 2.45) is 0 Å². The molecule has 2 heterocycles. The molecule has 0 fully saturated rings. The van der Waals surface area contributed by atoms with Crippen molar-refractivity contribution in [3.63, 3.8) is 0 Å². The highest BCUT2D eigenvalue weighted by atomic mass is 15.1. The number of nitrogens with zero attached hydrogens (tertiary/aromatic N) is 2. The van der Waals surface area contributed by atoms with Crippen LogP contribution in [-0.2, 0) is 6.54 Å². The van der Waals surface area contributed by atoms with E-state index < -0.39 is 0 Å². The highest BCUT2D eigenvalue weighted by Crippen LogP contribution is 2.20. The van der Waals surface area contributed by atoms with Gasteiger partial charge in [-0.1, -0.05) is 12.1 Å². The number of benzene rings is 1. The normalized spacial score (nSPS) is 10.6. The third-order valence-corrected chi connectivity index (χ3v) is 3.09. The number of aromatic amines is 2. The number of hydrogen-bond donors (Lipinski definition) is 3. The van der Waals surface area contributed by atoms with Crippen molar-refractivity contribution in [2.45, 2.75) is 13.5 Å². The van der Waals surface area contributed by atoms with Crippen molar-refractivity contribution in [1.82, 2.24) is 20.4 Å². The zero-order valence-electron chi connectivity index (χ0n) is 10.6. The highest BCUT2D eigenvalue weighted by Gasteiger charge is 2.02. The second-order valence-electron chi connectivity index (χ2n) is 4.42. The molecule has 0 bridgehead atoms. The van der Waals surface area contributed by atoms with Gasteiger partial charge in [0.15, 0.2) is 0 Å². The molecule has 0 spiro atoms. The van der Waals surface area contributed by atoms with E-state index in [1.807, 2.05) is 25.3 Å². The molecule has 3 rings (SSSR count). The van der Waals surface area contributed by atoms with Crippen LogP contribution in [0, 0.1) is 6.92 Å². The molecular weight excluding hydrogens is 238 g/mol. The number of rotatable bonds is 4. The maximum atomic E-state index is 4.01. The molecule has 19 heavy (non-hydrogen) atoms. The Morgan fingerprint density at radius 2 is 2.11 bits per heavy atom. The van der Waals surface area contributed by atoms with E-state index in [4.69, 9.17) is 0 Å². The largest absolute Gasteiger partial charge is 0.381 e. The molecule has 0 amide bonds. The number of aromatic nitrogens is 4. The Bertz CT molecular complexity index is 654. The van der Waals surface area contributed by atoms with Gasteiger partial charge in [0, 0.05) is 35.2 Å². The minimum atomic E-state index is 0.759. The average Bonchev–Trinajstić information content (AvgIpc) is 3.08. The summed E-state index contributed by atoms with van der Waals surface area (Å²) in [6.45, 7) is 2.78. The molecule has 5 nitrogen and oxygen atoms in total. The summed E-state index contributed by atoms with van der Waals surface area (Å²) >= 11 is 0. The molecule has 0 atom stereocenters. The molecule has 1 aromatic carbocycles. The first kappa shape index (κ1) is 11.5. The lowest BCUT2D eigenvalue weighted by Crippen LogP contribution is -1.99. The van der Waals surface area contributed by atoms with E-state index >= 15 is 0 Å². The minimum Gasteiger partial charge on any atom is -0.381 e. The SMILES string of the molecule is Cc1[nH]ncc1CNc1cccc(-c2ccn[nH]2)c1. The van der Waals surface area contributed by atoms with Crippen molar-refractivity contribution in [2.75, 3.05) is 5.32 Å². The fourth-order valence-corrected chi connectivity index (χ4v) is 1.96. The standard InChI is InChI=1S/C14H15N5/c1-10-12(9-17-18-10)8-15-13-4-2-3-11(7-13)14-5-6-16-19-14/h2-7,9,15H,8H2,1H3,(H,16,19)(H,17,18). The van der Waals surface area contributed by atoms with E-state index in [2.05, 4.69) is 43.9 Å². The van der Waals surface area contributed by atoms with E-state index in [0.29, 0.717) is 0 Å². The first-order chi connectivity index (χ1) is 9.33. The number of nitrogens with one attached hydrogen (secondary N) is 3. The molecule has 96 valence electrons. The van der Waals surface area contributed by atoms with Crippen LogP contribution in [0.25, 0.3) is 11.3 Å². The Morgan fingerprint density at radius 1 is 1.16 bits per heavy atom. The van der Waals surface area contributed by atoms with Gasteiger partial charge in [-0.15, -0.1) is 0 Å². The Kier molecular flexibility index (Phi) is 3.02. The van der Waals surface area contributed by atoms with E-state index in [0.717, 1.165) is 29.2 Å². The van der Waals surface area contributed by atoms with Crippen molar-refractivity contribution in [1.29, 1.82) is 0 Å². The fourth-order valence-electron chi connectivity index (χ4n) is 1.96. The maximum absolute atomic E-state index is 4.01. The first-order valence-electron chi connectivity index (χ1n) is 6.15. The predicted octanol–water partition coefficient (Wildman–Crippen LogP) is 2.72. The summed E-state index contributed by atoms with van der Waals surface area (Å²) in [4.78, 5) is 0. The van der Waals surface area contributed by atoms with Gasteiger partial charge >= 0.3 is 0 Å². The molecule has 5 heteroatoms. The average molecular weight is 253 g/mol. The summed E-state index contributed by atoms with van der Waals surface area (Å²) in [6.07, 6.45) is 3.60. The number of H-pyrrole nitrogens is 2. The number of anilines is 1. The summed E-state index contributed by atoms with van der Waals surface area (Å²) in [5.74, 6) is 0. The van der Waals surface area contributed by atoms with Crippen LogP contribution in [0.4, 0.5) is 5.69 Å². The topological polar surface area (TPSA) is 69.4 Å². The van der Waals surface area contributed by atoms with Gasteiger partial charge in [0.2, 0.25) is 0 Å². The lowest BCUT2D eigenvalue weighted by atomic mass is 10.1. The quantitative estimate of drug-likeness (QED) is 0.669. The van der Waals surface area contributed by atoms with Crippen LogP contribution in [0.15, 0.2) is 42.7 Å². The van der Waals surface area contributed by atoms with E-state index in [9.17, 15) is 0 Å². The molecule has 0 aliphatic carbocycles. The Balaban J connectivity index is 1.75. The van der Waals surface area contributed by atoms with Crippen LogP contribution in [-0.4, -0.2) is 20.4 Å². The highest BCUT2D eigenvalue weighted by molar-refractivity contribution is 5.64. The van der Waals surface area contributed by atoms with Crippen LogP contribution >= 0.6 is 0 Å². The lowest BCUT2D eigenvalue weighted by Gasteiger charge is -2.07. The number of aryl methyl sites for hydroxylation is 1. The van der Waals surface area contributed by atoms with E-state index in [1.165, 1.54) is 5.56 Å². The minimum absolute atomic E-state index is 0.759. The smallest absolute Gasteiger partial charge is 0.0650 e. The van der Waals surface area contributed by atoms with E-state index in [1.54, 1.807) is 6.20 Å². The van der Waals surface area contributed by atoms with Crippen LogP contribution < -0.4 is 5.32 Å². The number of hydrogen-bond acceptors (Lipinski definition) is 3. The molecule has 2 aromatic heterocycles. The van der Waals surface area contributed by atoms with Crippen molar-refractivity contribution in [3.8, 4) is 11.3 Å². The predicted molar refractivity (Wildman–Crippen MR) is 74.7 cm³/mol. The summed E-state index contributed by atoms with van der Waals surface area (Å²) in [5.41, 5.74) is 5.48. The second-order valence-corrected chi connectivity index (χ2v) is 4.42. The molecule has 0 aliphatic heterocycles. The van der Waals surface area contributed by atoms with Gasteiger partial charge in [-0.05, 0) is 25.1 Å². The molecule has 0 saturated carbocycles. The van der Waals surface area contributed by atoms with Crippen molar-refractivity contribution < 1.29 is 0 Å². The fraction of sp³-hybridized carbons (Fsp3) is 0.143. The van der Waals surface area contributed by atoms with Crippen molar-refractivity contribution >= 4 is 5.69 Å². The van der Waals surface area contributed by atoms with Gasteiger partial charge in [0.1, 0.15) is 0 Å². The van der Waals surface area contributed by atoms with Gasteiger partial charge in [0.05, 0.1) is 11.9 Å². The molecule has 3 aromatic rings. The van der Waals surface area contributed by atoms with Crippen LogP contribution in [0.3, 0.4) is 0 Å². The summed E-state index contributed by atoms with van der Waals surface area (Å²) in [5, 5.41) is 17.3. The summed E-state index contributed by atoms with van der Waals surface area (Å²) in [7, 11) is 0. The van der Waals surface area contributed by atoms with Gasteiger partial charge < -0.3 is 5.32 Å². The molecule has 3 N–H and O–H groups in total. The van der Waals surface area contributed by atoms with E-state index in [-0.39, 0.29) is 0 Å². The molecular formula is C14H15N5. The van der Waals surface area contributed by atoms with Crippen LogP contribution in [0.1, 0.15) is 11.3 Å². The summed E-state index contributed by atoms with van der Waals surface area (Å²) in [6, 6.07) is 10.2. The first-order valence-corrected chi connectivity index (χ1v) is 6.15. The third kappa shape index (κ3) is 2.49. The molecule has 0 saturated heterocycles. The third-order valence-electron chi connectivity index (χ3n) is 3.09. The Hall–Kier alpha value is -2.56. The molecule has 0 unspecified atom stereocenters. The Labute approximate surface area is 111 Å². The summed E-state index contributed by atoms with van der Waals surface area (Å²) < 4.78 is 0. The zero-order valence-corrected chi connectivity index (χ0v) is 10.6. The monoisotopic (exact) mass is 253 g/mol. The zero-order chi connectivity index (χ0) is 13.1.